The van der Waals surface area contributed by atoms with E-state index in [9.17, 15) is 9.59 Å². The quantitative estimate of drug-likeness (QED) is 0.783. The van der Waals surface area contributed by atoms with Crippen LogP contribution in [0.5, 0.6) is 5.75 Å². The minimum atomic E-state index is -0.481. The van der Waals surface area contributed by atoms with Gasteiger partial charge in [-0.3, -0.25) is 9.59 Å². The molecule has 1 fully saturated rings. The van der Waals surface area contributed by atoms with E-state index in [1.807, 2.05) is 43.0 Å². The van der Waals surface area contributed by atoms with Gasteiger partial charge in [0, 0.05) is 24.7 Å². The Morgan fingerprint density at radius 2 is 1.88 bits per heavy atom. The summed E-state index contributed by atoms with van der Waals surface area (Å²) in [7, 11) is 1.61. The highest BCUT2D eigenvalue weighted by Crippen LogP contribution is 2.20. The average molecular weight is 384 g/mol. The number of hydrogen-bond acceptors (Lipinski definition) is 4. The number of para-hydroxylation sites is 1. The van der Waals surface area contributed by atoms with Crippen molar-refractivity contribution in [3.63, 3.8) is 0 Å². The van der Waals surface area contributed by atoms with Crippen LogP contribution in [0.15, 0.2) is 24.3 Å². The van der Waals surface area contributed by atoms with E-state index >= 15 is 0 Å². The lowest BCUT2D eigenvalue weighted by Gasteiger charge is -2.33. The van der Waals surface area contributed by atoms with Gasteiger partial charge in [0.15, 0.2) is 0 Å². The van der Waals surface area contributed by atoms with Gasteiger partial charge >= 0.3 is 0 Å². The minimum Gasteiger partial charge on any atom is -0.496 e. The Morgan fingerprint density at radius 1 is 1.27 bits per heavy atom. The summed E-state index contributed by atoms with van der Waals surface area (Å²) in [6, 6.07) is 7.19. The van der Waals surface area contributed by atoms with Crippen LogP contribution >= 0.6 is 12.4 Å². The first-order valence-electron chi connectivity index (χ1n) is 8.88. The number of rotatable bonds is 6. The summed E-state index contributed by atoms with van der Waals surface area (Å²) in [6.45, 7) is 5.17. The SMILES string of the molecule is COc1ccccc1CC(=O)N1CCC(NC(=O)[C@@H](N)C(C)C)CC1.Cl. The highest BCUT2D eigenvalue weighted by atomic mass is 35.5. The molecule has 0 spiro atoms. The molecule has 2 amide bonds. The molecule has 1 atom stereocenters. The number of hydrogen-bond donors (Lipinski definition) is 2. The Labute approximate surface area is 161 Å². The molecule has 0 saturated carbocycles. The first-order valence-corrected chi connectivity index (χ1v) is 8.88. The Kier molecular flexibility index (Phi) is 8.88. The van der Waals surface area contributed by atoms with Crippen LogP contribution in [0.2, 0.25) is 0 Å². The van der Waals surface area contributed by atoms with Gasteiger partial charge in [0.05, 0.1) is 19.6 Å². The number of methoxy groups -OCH3 is 1. The second-order valence-corrected chi connectivity index (χ2v) is 6.92. The van der Waals surface area contributed by atoms with Gasteiger partial charge < -0.3 is 20.7 Å². The maximum absolute atomic E-state index is 12.5. The third-order valence-corrected chi connectivity index (χ3v) is 4.75. The molecule has 146 valence electrons. The first-order chi connectivity index (χ1) is 11.9. The van der Waals surface area contributed by atoms with Crippen molar-refractivity contribution in [2.24, 2.45) is 11.7 Å². The average Bonchev–Trinajstić information content (AvgIpc) is 2.61. The van der Waals surface area contributed by atoms with Crippen molar-refractivity contribution in [1.82, 2.24) is 10.2 Å². The summed E-state index contributed by atoms with van der Waals surface area (Å²) in [4.78, 5) is 26.4. The van der Waals surface area contributed by atoms with Crippen molar-refractivity contribution in [2.75, 3.05) is 20.2 Å². The fourth-order valence-corrected chi connectivity index (χ4v) is 3.00. The summed E-state index contributed by atoms with van der Waals surface area (Å²) in [6.07, 6.45) is 1.85. The van der Waals surface area contributed by atoms with Crippen molar-refractivity contribution >= 4 is 24.2 Å². The van der Waals surface area contributed by atoms with Crippen LogP contribution in [0, 0.1) is 5.92 Å². The second kappa shape index (κ2) is 10.4. The fraction of sp³-hybridized carbons (Fsp3) is 0.579. The molecule has 0 aliphatic carbocycles. The van der Waals surface area contributed by atoms with Crippen LogP contribution in [-0.4, -0.2) is 49.0 Å². The number of nitrogens with two attached hydrogens (primary N) is 1. The predicted octanol–water partition coefficient (Wildman–Crippen LogP) is 1.75. The van der Waals surface area contributed by atoms with Crippen molar-refractivity contribution in [3.8, 4) is 5.75 Å². The van der Waals surface area contributed by atoms with Crippen molar-refractivity contribution in [1.29, 1.82) is 0 Å². The number of nitrogens with one attached hydrogen (secondary N) is 1. The van der Waals surface area contributed by atoms with Gasteiger partial charge in [-0.25, -0.2) is 0 Å². The molecule has 1 aromatic carbocycles. The number of nitrogens with zero attached hydrogens (tertiary/aromatic N) is 1. The summed E-state index contributed by atoms with van der Waals surface area (Å²) >= 11 is 0. The summed E-state index contributed by atoms with van der Waals surface area (Å²) in [5.74, 6) is 0.838. The van der Waals surface area contributed by atoms with E-state index in [1.165, 1.54) is 0 Å². The smallest absolute Gasteiger partial charge is 0.237 e. The van der Waals surface area contributed by atoms with Crippen molar-refractivity contribution in [2.45, 2.75) is 45.2 Å². The largest absolute Gasteiger partial charge is 0.496 e. The molecule has 0 aromatic heterocycles. The molecule has 26 heavy (non-hydrogen) atoms. The molecule has 0 bridgehead atoms. The third-order valence-electron chi connectivity index (χ3n) is 4.75. The maximum atomic E-state index is 12.5. The van der Waals surface area contributed by atoms with Crippen molar-refractivity contribution < 1.29 is 14.3 Å². The number of amides is 2. The molecule has 1 aliphatic rings. The number of benzene rings is 1. The monoisotopic (exact) mass is 383 g/mol. The zero-order valence-electron chi connectivity index (χ0n) is 15.7. The number of carbonyl (C=O) groups is 2. The molecule has 0 radical (unpaired) electrons. The van der Waals surface area contributed by atoms with Crippen LogP contribution in [0.4, 0.5) is 0 Å². The normalized spacial score (nSPS) is 16.0. The zero-order valence-corrected chi connectivity index (χ0v) is 16.6. The fourth-order valence-electron chi connectivity index (χ4n) is 3.00. The molecule has 3 N–H and O–H groups in total. The number of piperidine rings is 1. The Bertz CT molecular complexity index is 601. The number of ether oxygens (including phenoxy) is 1. The Hall–Kier alpha value is -1.79. The van der Waals surface area contributed by atoms with E-state index in [-0.39, 0.29) is 36.2 Å². The molecular weight excluding hydrogens is 354 g/mol. The van der Waals surface area contributed by atoms with E-state index in [2.05, 4.69) is 5.32 Å². The molecule has 1 saturated heterocycles. The van der Waals surface area contributed by atoms with E-state index < -0.39 is 6.04 Å². The second-order valence-electron chi connectivity index (χ2n) is 6.92. The molecule has 6 nitrogen and oxygen atoms in total. The maximum Gasteiger partial charge on any atom is 0.237 e. The Balaban J connectivity index is 0.00000338. The summed E-state index contributed by atoms with van der Waals surface area (Å²) in [5.41, 5.74) is 6.77. The number of carbonyl (C=O) groups excluding carboxylic acids is 2. The molecule has 1 heterocycles. The van der Waals surface area contributed by atoms with E-state index in [1.54, 1.807) is 7.11 Å². The zero-order chi connectivity index (χ0) is 18.4. The van der Waals surface area contributed by atoms with E-state index in [0.717, 1.165) is 24.2 Å². The van der Waals surface area contributed by atoms with Gasteiger partial charge in [-0.05, 0) is 24.8 Å². The molecular formula is C19H30ClN3O3. The number of halogens is 1. The van der Waals surface area contributed by atoms with Crippen LogP contribution < -0.4 is 15.8 Å². The minimum absolute atomic E-state index is 0. The molecule has 7 heteroatoms. The first kappa shape index (κ1) is 22.3. The van der Waals surface area contributed by atoms with Crippen LogP contribution in [-0.2, 0) is 16.0 Å². The van der Waals surface area contributed by atoms with Crippen molar-refractivity contribution in [3.05, 3.63) is 29.8 Å². The van der Waals surface area contributed by atoms with E-state index in [0.29, 0.717) is 19.5 Å². The number of likely N-dealkylation sites (tertiary alicyclic amines) is 1. The van der Waals surface area contributed by atoms with Gasteiger partial charge in [-0.2, -0.15) is 0 Å². The summed E-state index contributed by atoms with van der Waals surface area (Å²) < 4.78 is 5.31. The van der Waals surface area contributed by atoms with Gasteiger partial charge in [0.1, 0.15) is 5.75 Å². The van der Waals surface area contributed by atoms with Crippen LogP contribution in [0.1, 0.15) is 32.3 Å². The third kappa shape index (κ3) is 5.88. The lowest BCUT2D eigenvalue weighted by molar-refractivity contribution is -0.131. The van der Waals surface area contributed by atoms with Crippen LogP contribution in [0.3, 0.4) is 0 Å². The topological polar surface area (TPSA) is 84.7 Å². The van der Waals surface area contributed by atoms with E-state index in [4.69, 9.17) is 10.5 Å². The predicted molar refractivity (Wildman–Crippen MR) is 105 cm³/mol. The molecule has 1 aromatic rings. The van der Waals surface area contributed by atoms with Gasteiger partial charge in [0.2, 0.25) is 11.8 Å². The van der Waals surface area contributed by atoms with Gasteiger partial charge in [0.25, 0.3) is 0 Å². The lowest BCUT2D eigenvalue weighted by Crippen LogP contribution is -2.52. The highest BCUT2D eigenvalue weighted by molar-refractivity contribution is 5.85. The van der Waals surface area contributed by atoms with Gasteiger partial charge in [-0.1, -0.05) is 32.0 Å². The Morgan fingerprint density at radius 3 is 2.46 bits per heavy atom. The van der Waals surface area contributed by atoms with Gasteiger partial charge in [-0.15, -0.1) is 12.4 Å². The molecule has 0 unspecified atom stereocenters. The molecule has 2 rings (SSSR count). The summed E-state index contributed by atoms with van der Waals surface area (Å²) in [5, 5.41) is 3.01. The lowest BCUT2D eigenvalue weighted by atomic mass is 10.0. The highest BCUT2D eigenvalue weighted by Gasteiger charge is 2.26. The standard InChI is InChI=1S/C19H29N3O3.ClH/c1-13(2)18(20)19(24)21-15-8-10-22(11-9-15)17(23)12-14-6-4-5-7-16(14)25-3;/h4-7,13,15,18H,8-12,20H2,1-3H3,(H,21,24);1H/t18-;/m0./s1. The molecule has 1 aliphatic heterocycles. The van der Waals surface area contributed by atoms with Crippen LogP contribution in [0.25, 0.3) is 0 Å².